The van der Waals surface area contributed by atoms with Crippen molar-refractivity contribution >= 4 is 29.4 Å². The molecule has 0 bridgehead atoms. The lowest BCUT2D eigenvalue weighted by molar-refractivity contribution is -0.132. The number of amides is 1. The van der Waals surface area contributed by atoms with Gasteiger partial charge in [-0.05, 0) is 37.1 Å². The molecule has 1 amide bonds. The lowest BCUT2D eigenvalue weighted by Crippen LogP contribution is -2.47. The zero-order valence-corrected chi connectivity index (χ0v) is 14.2. The van der Waals surface area contributed by atoms with Crippen molar-refractivity contribution in [2.45, 2.75) is 26.7 Å². The number of carbonyl (C=O) groups is 1. The second-order valence-corrected chi connectivity index (χ2v) is 8.42. The molecule has 3 rings (SSSR count). The zero-order chi connectivity index (χ0) is 15.4. The van der Waals surface area contributed by atoms with Crippen molar-refractivity contribution in [1.82, 2.24) is 4.90 Å². The molecule has 2 aromatic rings. The van der Waals surface area contributed by atoms with Crippen molar-refractivity contribution in [3.63, 3.8) is 0 Å². The zero-order valence-electron chi connectivity index (χ0n) is 12.6. The van der Waals surface area contributed by atoms with Crippen molar-refractivity contribution in [2.24, 2.45) is 0 Å². The maximum Gasteiger partial charge on any atom is 0.249 e. The molecule has 0 aromatic heterocycles. The molecule has 0 radical (unpaired) electrons. The van der Waals surface area contributed by atoms with E-state index in [4.69, 9.17) is 0 Å². The van der Waals surface area contributed by atoms with E-state index in [9.17, 15) is 4.79 Å². The van der Waals surface area contributed by atoms with E-state index in [0.29, 0.717) is 0 Å². The van der Waals surface area contributed by atoms with Crippen molar-refractivity contribution in [3.8, 4) is 0 Å². The predicted molar refractivity (Wildman–Crippen MR) is 94.2 cm³/mol. The number of hydrogen-bond acceptors (Lipinski definition) is 3. The van der Waals surface area contributed by atoms with Gasteiger partial charge in [0.15, 0.2) is 0 Å². The Bertz CT molecular complexity index is 589. The van der Waals surface area contributed by atoms with Gasteiger partial charge in [-0.15, -0.1) is 0 Å². The van der Waals surface area contributed by atoms with Crippen molar-refractivity contribution < 1.29 is 4.79 Å². The number of benzene rings is 2. The normalized spacial score (nSPS) is 17.5. The van der Waals surface area contributed by atoms with Gasteiger partial charge in [0.05, 0.1) is 0 Å². The van der Waals surface area contributed by atoms with Gasteiger partial charge in [-0.1, -0.05) is 59.9 Å². The molecule has 4 heteroatoms. The largest absolute Gasteiger partial charge is 0.344 e. The van der Waals surface area contributed by atoms with Crippen LogP contribution in [-0.4, -0.2) is 28.5 Å². The van der Waals surface area contributed by atoms with E-state index in [1.54, 1.807) is 23.5 Å². The Balaban J connectivity index is 1.93. The van der Waals surface area contributed by atoms with Crippen LogP contribution in [0.4, 0.5) is 0 Å². The molecule has 0 atom stereocenters. The highest BCUT2D eigenvalue weighted by molar-refractivity contribution is 8.19. The highest BCUT2D eigenvalue weighted by Gasteiger charge is 2.44. The van der Waals surface area contributed by atoms with Gasteiger partial charge in [-0.2, -0.15) is 0 Å². The lowest BCUT2D eigenvalue weighted by Gasteiger charge is -2.39. The van der Waals surface area contributed by atoms with Crippen molar-refractivity contribution in [1.29, 1.82) is 0 Å². The summed E-state index contributed by atoms with van der Waals surface area (Å²) in [5, 5.41) is 0. The average molecular weight is 329 g/mol. The lowest BCUT2D eigenvalue weighted by atomic mass is 10.1. The van der Waals surface area contributed by atoms with Gasteiger partial charge in [0.1, 0.15) is 4.08 Å². The molecule has 2 nitrogen and oxygen atoms in total. The second-order valence-electron chi connectivity index (χ2n) is 5.41. The van der Waals surface area contributed by atoms with E-state index < -0.39 is 4.08 Å². The Morgan fingerprint density at radius 3 is 1.91 bits per heavy atom. The van der Waals surface area contributed by atoms with Gasteiger partial charge in [0.25, 0.3) is 0 Å². The minimum atomic E-state index is -0.463. The monoisotopic (exact) mass is 329 g/mol. The van der Waals surface area contributed by atoms with Crippen LogP contribution in [0.15, 0.2) is 70.5 Å². The third-order valence-electron chi connectivity index (χ3n) is 3.72. The average Bonchev–Trinajstić information content (AvgIpc) is 2.54. The van der Waals surface area contributed by atoms with Gasteiger partial charge >= 0.3 is 0 Å². The van der Waals surface area contributed by atoms with Crippen LogP contribution in [0, 0.1) is 0 Å². The number of hydrogen-bond donors (Lipinski definition) is 0. The summed E-state index contributed by atoms with van der Waals surface area (Å²) in [4.78, 5) is 17.1. The number of carbonyl (C=O) groups excluding carboxylic acids is 1. The summed E-state index contributed by atoms with van der Waals surface area (Å²) in [5.74, 6) is 0.224. The maximum atomic E-state index is 12.9. The van der Waals surface area contributed by atoms with Crippen molar-refractivity contribution in [3.05, 3.63) is 60.7 Å². The summed E-state index contributed by atoms with van der Waals surface area (Å²) in [6.45, 7) is 0.852. The summed E-state index contributed by atoms with van der Waals surface area (Å²) in [7, 11) is 1.91. The first kappa shape index (κ1) is 15.5. The summed E-state index contributed by atoms with van der Waals surface area (Å²) < 4.78 is -0.463. The highest BCUT2D eigenvalue weighted by atomic mass is 32.2. The first-order valence-electron chi connectivity index (χ1n) is 7.43. The topological polar surface area (TPSA) is 20.3 Å². The number of thioether (sulfide) groups is 2. The van der Waals surface area contributed by atoms with E-state index in [-0.39, 0.29) is 5.91 Å². The first-order chi connectivity index (χ1) is 10.7. The SMILES string of the molecule is CN1CCCC(Sc2ccccc2)(Sc2ccccc2)C1=O. The number of piperidine rings is 1. The smallest absolute Gasteiger partial charge is 0.249 e. The number of nitrogens with zero attached hydrogens (tertiary/aromatic N) is 1. The third-order valence-corrected chi connectivity index (χ3v) is 6.66. The maximum absolute atomic E-state index is 12.9. The van der Waals surface area contributed by atoms with Crippen LogP contribution in [0.5, 0.6) is 0 Å². The summed E-state index contributed by atoms with van der Waals surface area (Å²) in [6, 6.07) is 20.5. The fourth-order valence-electron chi connectivity index (χ4n) is 2.62. The Hall–Kier alpha value is -1.39. The quantitative estimate of drug-likeness (QED) is 0.769. The van der Waals surface area contributed by atoms with Crippen LogP contribution >= 0.6 is 23.5 Å². The molecule has 1 saturated heterocycles. The summed E-state index contributed by atoms with van der Waals surface area (Å²) in [6.07, 6.45) is 1.94. The van der Waals surface area contributed by atoms with Gasteiger partial charge in [0.2, 0.25) is 5.91 Å². The minimum Gasteiger partial charge on any atom is -0.344 e. The van der Waals surface area contributed by atoms with E-state index >= 15 is 0 Å². The van der Waals surface area contributed by atoms with Gasteiger partial charge in [0, 0.05) is 23.4 Å². The molecule has 114 valence electrons. The number of likely N-dealkylation sites (tertiary alicyclic amines) is 1. The van der Waals surface area contributed by atoms with E-state index in [1.165, 1.54) is 0 Å². The van der Waals surface area contributed by atoms with Gasteiger partial charge in [-0.25, -0.2) is 0 Å². The first-order valence-corrected chi connectivity index (χ1v) is 9.07. The van der Waals surface area contributed by atoms with Crippen LogP contribution < -0.4 is 0 Å². The molecule has 0 saturated carbocycles. The highest BCUT2D eigenvalue weighted by Crippen LogP contribution is 2.51. The second kappa shape index (κ2) is 6.80. The van der Waals surface area contributed by atoms with Crippen LogP contribution in [0.2, 0.25) is 0 Å². The molecule has 0 aliphatic carbocycles. The van der Waals surface area contributed by atoms with E-state index in [2.05, 4.69) is 24.3 Å². The predicted octanol–water partition coefficient (Wildman–Crippen LogP) is 4.52. The fourth-order valence-corrected chi connectivity index (χ4v) is 5.69. The molecular weight excluding hydrogens is 310 g/mol. The van der Waals surface area contributed by atoms with E-state index in [1.807, 2.05) is 48.3 Å². The molecule has 0 spiro atoms. The standard InChI is InChI=1S/C18H19NOS2/c1-19-14-8-13-18(17(19)20,21-15-9-4-2-5-10-15)22-16-11-6-3-7-12-16/h2-7,9-12H,8,13-14H2,1H3. The van der Waals surface area contributed by atoms with Crippen LogP contribution in [-0.2, 0) is 4.79 Å². The van der Waals surface area contributed by atoms with Gasteiger partial charge in [-0.3, -0.25) is 4.79 Å². The summed E-state index contributed by atoms with van der Waals surface area (Å²) >= 11 is 3.38. The fraction of sp³-hybridized carbons (Fsp3) is 0.278. The Morgan fingerprint density at radius 1 is 0.909 bits per heavy atom. The molecule has 1 fully saturated rings. The number of rotatable bonds is 4. The molecule has 1 heterocycles. The Kier molecular flexibility index (Phi) is 4.79. The summed E-state index contributed by atoms with van der Waals surface area (Å²) in [5.41, 5.74) is 0. The molecule has 1 aliphatic rings. The van der Waals surface area contributed by atoms with E-state index in [0.717, 1.165) is 29.2 Å². The molecular formula is C18H19NOS2. The van der Waals surface area contributed by atoms with Crippen LogP contribution in [0.3, 0.4) is 0 Å². The Morgan fingerprint density at radius 2 is 1.41 bits per heavy atom. The molecule has 2 aromatic carbocycles. The van der Waals surface area contributed by atoms with Crippen LogP contribution in [0.25, 0.3) is 0 Å². The van der Waals surface area contributed by atoms with Crippen molar-refractivity contribution in [2.75, 3.05) is 13.6 Å². The molecule has 1 aliphatic heterocycles. The molecule has 0 unspecified atom stereocenters. The van der Waals surface area contributed by atoms with Gasteiger partial charge < -0.3 is 4.90 Å². The molecule has 0 N–H and O–H groups in total. The Labute approximate surface area is 140 Å². The minimum absolute atomic E-state index is 0.224. The molecule has 22 heavy (non-hydrogen) atoms. The third kappa shape index (κ3) is 3.33. The van der Waals surface area contributed by atoms with Crippen LogP contribution in [0.1, 0.15) is 12.8 Å².